The van der Waals surface area contributed by atoms with E-state index in [-0.39, 0.29) is 6.54 Å². The minimum Gasteiger partial charge on any atom is -0.387 e. The predicted octanol–water partition coefficient (Wildman–Crippen LogP) is 0.382. The molecule has 0 aliphatic heterocycles. The Morgan fingerprint density at radius 3 is 2.82 bits per heavy atom. The molecule has 3 N–H and O–H groups in total. The van der Waals surface area contributed by atoms with Crippen molar-refractivity contribution < 1.29 is 5.11 Å². The molecule has 0 amide bonds. The van der Waals surface area contributed by atoms with Crippen molar-refractivity contribution in [3.63, 3.8) is 0 Å². The lowest BCUT2D eigenvalue weighted by molar-refractivity contribution is 0.186. The van der Waals surface area contributed by atoms with Crippen LogP contribution in [0.25, 0.3) is 0 Å². The fraction of sp³-hybridized carbons (Fsp3) is 0.375. The number of rotatable bonds is 2. The van der Waals surface area contributed by atoms with Gasteiger partial charge in [-0.1, -0.05) is 6.07 Å². The largest absolute Gasteiger partial charge is 0.387 e. The van der Waals surface area contributed by atoms with Crippen LogP contribution in [0, 0.1) is 6.92 Å². The molecule has 0 saturated carbocycles. The molecular weight excluding hydrogens is 140 g/mol. The van der Waals surface area contributed by atoms with E-state index in [1.165, 1.54) is 0 Å². The van der Waals surface area contributed by atoms with Crippen molar-refractivity contribution in [3.8, 4) is 0 Å². The summed E-state index contributed by atoms with van der Waals surface area (Å²) < 4.78 is 0. The summed E-state index contributed by atoms with van der Waals surface area (Å²) in [5.41, 5.74) is 6.98. The molecular formula is C8H12N2O. The number of aliphatic hydroxyl groups is 1. The van der Waals surface area contributed by atoms with Gasteiger partial charge in [-0.3, -0.25) is 4.98 Å². The Bertz CT molecular complexity index is 220. The minimum absolute atomic E-state index is 0.241. The van der Waals surface area contributed by atoms with Crippen LogP contribution in [0.15, 0.2) is 18.3 Å². The van der Waals surface area contributed by atoms with Gasteiger partial charge in [-0.05, 0) is 13.0 Å². The van der Waals surface area contributed by atoms with Crippen molar-refractivity contribution in [3.05, 3.63) is 29.6 Å². The molecule has 0 aliphatic rings. The van der Waals surface area contributed by atoms with Gasteiger partial charge in [0.25, 0.3) is 0 Å². The van der Waals surface area contributed by atoms with Gasteiger partial charge in [0.15, 0.2) is 0 Å². The molecule has 3 heteroatoms. The number of aromatic nitrogens is 1. The van der Waals surface area contributed by atoms with Crippen LogP contribution in [0.1, 0.15) is 17.4 Å². The molecule has 11 heavy (non-hydrogen) atoms. The molecule has 1 aromatic rings. The van der Waals surface area contributed by atoms with E-state index >= 15 is 0 Å². The SMILES string of the molecule is Cc1ccc([C@@H](O)CN)cn1. The summed E-state index contributed by atoms with van der Waals surface area (Å²) in [4.78, 5) is 4.03. The van der Waals surface area contributed by atoms with E-state index < -0.39 is 6.10 Å². The molecule has 0 aromatic carbocycles. The van der Waals surface area contributed by atoms with E-state index in [0.29, 0.717) is 0 Å². The fourth-order valence-corrected chi connectivity index (χ4v) is 0.812. The standard InChI is InChI=1S/C8H12N2O/c1-6-2-3-7(5-10-6)8(11)4-9/h2-3,5,8,11H,4,9H2,1H3/t8-/m0/s1. The van der Waals surface area contributed by atoms with Gasteiger partial charge in [-0.2, -0.15) is 0 Å². The van der Waals surface area contributed by atoms with Gasteiger partial charge in [0.05, 0.1) is 6.10 Å². The van der Waals surface area contributed by atoms with Gasteiger partial charge < -0.3 is 10.8 Å². The van der Waals surface area contributed by atoms with Crippen molar-refractivity contribution in [2.45, 2.75) is 13.0 Å². The first-order valence-electron chi connectivity index (χ1n) is 3.54. The molecule has 1 aromatic heterocycles. The number of aliphatic hydroxyl groups excluding tert-OH is 1. The second-order valence-corrected chi connectivity index (χ2v) is 2.48. The van der Waals surface area contributed by atoms with Gasteiger partial charge in [-0.15, -0.1) is 0 Å². The second kappa shape index (κ2) is 3.46. The van der Waals surface area contributed by atoms with Crippen LogP contribution in [0.3, 0.4) is 0 Å². The van der Waals surface area contributed by atoms with Crippen LogP contribution in [0.5, 0.6) is 0 Å². The Morgan fingerprint density at radius 1 is 1.64 bits per heavy atom. The van der Waals surface area contributed by atoms with Crippen LogP contribution in [0.4, 0.5) is 0 Å². The molecule has 0 bridgehead atoms. The number of hydrogen-bond donors (Lipinski definition) is 2. The highest BCUT2D eigenvalue weighted by molar-refractivity contribution is 5.15. The molecule has 1 atom stereocenters. The fourth-order valence-electron chi connectivity index (χ4n) is 0.812. The first-order valence-corrected chi connectivity index (χ1v) is 3.54. The summed E-state index contributed by atoms with van der Waals surface area (Å²) >= 11 is 0. The van der Waals surface area contributed by atoms with Crippen LogP contribution >= 0.6 is 0 Å². The third kappa shape index (κ3) is 2.00. The van der Waals surface area contributed by atoms with E-state index in [9.17, 15) is 5.11 Å². The highest BCUT2D eigenvalue weighted by Gasteiger charge is 2.03. The van der Waals surface area contributed by atoms with Crippen molar-refractivity contribution in [2.24, 2.45) is 5.73 Å². The van der Waals surface area contributed by atoms with Gasteiger partial charge in [-0.25, -0.2) is 0 Å². The van der Waals surface area contributed by atoms with Crippen molar-refractivity contribution in [1.82, 2.24) is 4.98 Å². The quantitative estimate of drug-likeness (QED) is 0.644. The third-order valence-corrected chi connectivity index (χ3v) is 1.54. The Hall–Kier alpha value is -0.930. The highest BCUT2D eigenvalue weighted by Crippen LogP contribution is 2.09. The van der Waals surface area contributed by atoms with Crippen molar-refractivity contribution in [1.29, 1.82) is 0 Å². The number of hydrogen-bond acceptors (Lipinski definition) is 3. The summed E-state index contributed by atoms with van der Waals surface area (Å²) in [5.74, 6) is 0. The first kappa shape index (κ1) is 8.17. The molecule has 1 rings (SSSR count). The Morgan fingerprint density at radius 2 is 2.36 bits per heavy atom. The van der Waals surface area contributed by atoms with E-state index in [2.05, 4.69) is 4.98 Å². The molecule has 0 aliphatic carbocycles. The molecule has 60 valence electrons. The third-order valence-electron chi connectivity index (χ3n) is 1.54. The Labute approximate surface area is 65.9 Å². The zero-order valence-electron chi connectivity index (χ0n) is 6.49. The van der Waals surface area contributed by atoms with E-state index in [0.717, 1.165) is 11.3 Å². The van der Waals surface area contributed by atoms with Crippen LogP contribution < -0.4 is 5.73 Å². The molecule has 0 spiro atoms. The zero-order chi connectivity index (χ0) is 8.27. The van der Waals surface area contributed by atoms with E-state index in [1.807, 2.05) is 19.1 Å². The molecule has 1 heterocycles. The summed E-state index contributed by atoms with van der Waals surface area (Å²) in [6, 6.07) is 3.69. The predicted molar refractivity (Wildman–Crippen MR) is 43.0 cm³/mol. The lowest BCUT2D eigenvalue weighted by atomic mass is 10.1. The van der Waals surface area contributed by atoms with Crippen molar-refractivity contribution in [2.75, 3.05) is 6.54 Å². The smallest absolute Gasteiger partial charge is 0.0927 e. The molecule has 0 radical (unpaired) electrons. The topological polar surface area (TPSA) is 59.1 Å². The lowest BCUT2D eigenvalue weighted by Gasteiger charge is -2.06. The summed E-state index contributed by atoms with van der Waals surface area (Å²) in [6.45, 7) is 2.14. The average molecular weight is 152 g/mol. The highest BCUT2D eigenvalue weighted by atomic mass is 16.3. The van der Waals surface area contributed by atoms with E-state index in [4.69, 9.17) is 5.73 Å². The average Bonchev–Trinajstić information content (AvgIpc) is 2.05. The number of nitrogens with zero attached hydrogens (tertiary/aromatic N) is 1. The number of pyridine rings is 1. The summed E-state index contributed by atoms with van der Waals surface area (Å²) in [7, 11) is 0. The van der Waals surface area contributed by atoms with Crippen molar-refractivity contribution >= 4 is 0 Å². The van der Waals surface area contributed by atoms with Gasteiger partial charge >= 0.3 is 0 Å². The molecule has 0 unspecified atom stereocenters. The molecule has 3 nitrogen and oxygen atoms in total. The van der Waals surface area contributed by atoms with Crippen LogP contribution in [-0.4, -0.2) is 16.6 Å². The van der Waals surface area contributed by atoms with Crippen LogP contribution in [0.2, 0.25) is 0 Å². The van der Waals surface area contributed by atoms with Gasteiger partial charge in [0.1, 0.15) is 0 Å². The maximum atomic E-state index is 9.26. The van der Waals surface area contributed by atoms with Crippen LogP contribution in [-0.2, 0) is 0 Å². The molecule has 0 saturated heterocycles. The number of nitrogens with two attached hydrogens (primary N) is 1. The summed E-state index contributed by atoms with van der Waals surface area (Å²) in [6.07, 6.45) is 1.07. The normalized spacial score (nSPS) is 13.0. The zero-order valence-corrected chi connectivity index (χ0v) is 6.49. The second-order valence-electron chi connectivity index (χ2n) is 2.48. The molecule has 0 fully saturated rings. The van der Waals surface area contributed by atoms with E-state index in [1.54, 1.807) is 6.20 Å². The maximum absolute atomic E-state index is 9.26. The summed E-state index contributed by atoms with van der Waals surface area (Å²) in [5, 5.41) is 9.26. The Balaban J connectivity index is 2.81. The van der Waals surface area contributed by atoms with Gasteiger partial charge in [0, 0.05) is 24.0 Å². The first-order chi connectivity index (χ1) is 5.24. The number of aryl methyl sites for hydroxylation is 1. The van der Waals surface area contributed by atoms with Gasteiger partial charge in [0.2, 0.25) is 0 Å². The Kier molecular flexibility index (Phi) is 2.57. The maximum Gasteiger partial charge on any atom is 0.0927 e. The minimum atomic E-state index is -0.580. The lowest BCUT2D eigenvalue weighted by Crippen LogP contribution is -2.11. The monoisotopic (exact) mass is 152 g/mol.